The minimum Gasteiger partial charge on any atom is -0.303 e. The van der Waals surface area contributed by atoms with Crippen molar-refractivity contribution in [1.82, 2.24) is 4.90 Å². The summed E-state index contributed by atoms with van der Waals surface area (Å²) in [5, 5.41) is 0. The molecule has 1 atom stereocenters. The van der Waals surface area contributed by atoms with E-state index in [0.29, 0.717) is 0 Å². The lowest BCUT2D eigenvalue weighted by molar-refractivity contribution is 0.334. The molecule has 9 heavy (non-hydrogen) atoms. The van der Waals surface area contributed by atoms with E-state index in [1.54, 1.807) is 0 Å². The average Bonchev–Trinajstić information content (AvgIpc) is 2.17. The van der Waals surface area contributed by atoms with E-state index in [9.17, 15) is 0 Å². The molecule has 0 aliphatic carbocycles. The second-order valence-electron chi connectivity index (χ2n) is 3.05. The number of likely N-dealkylation sites (tertiary alicyclic amines) is 1. The fraction of sp³-hybridized carbons (Fsp3) is 0.875. The maximum atomic E-state index is 3.83. The summed E-state index contributed by atoms with van der Waals surface area (Å²) in [6, 6.07) is 0. The van der Waals surface area contributed by atoms with E-state index in [1.807, 2.05) is 0 Å². The molecule has 1 heteroatoms. The van der Waals surface area contributed by atoms with Crippen molar-refractivity contribution in [1.29, 1.82) is 0 Å². The Bertz CT molecular complexity index is 78.6. The first-order chi connectivity index (χ1) is 4.33. The van der Waals surface area contributed by atoms with Gasteiger partial charge in [0.05, 0.1) is 0 Å². The van der Waals surface area contributed by atoms with Crippen LogP contribution in [-0.2, 0) is 0 Å². The minimum absolute atomic E-state index is 0.927. The molecule has 1 aliphatic heterocycles. The number of nitrogens with zero attached hydrogens (tertiary/aromatic N) is 1. The van der Waals surface area contributed by atoms with Crippen LogP contribution in [0, 0.1) is 12.8 Å². The van der Waals surface area contributed by atoms with Gasteiger partial charge in [-0.1, -0.05) is 13.8 Å². The van der Waals surface area contributed by atoms with Gasteiger partial charge in [0.25, 0.3) is 0 Å². The minimum atomic E-state index is 0.927. The summed E-state index contributed by atoms with van der Waals surface area (Å²) >= 11 is 0. The van der Waals surface area contributed by atoms with Crippen LogP contribution in [0.1, 0.15) is 19.8 Å². The first-order valence-corrected chi connectivity index (χ1v) is 3.84. The van der Waals surface area contributed by atoms with E-state index in [2.05, 4.69) is 18.7 Å². The predicted molar refractivity (Wildman–Crippen MR) is 40.2 cm³/mol. The molecule has 0 amide bonds. The molecule has 1 rings (SSSR count). The lowest BCUT2D eigenvalue weighted by Crippen LogP contribution is -2.20. The molecule has 0 saturated carbocycles. The molecule has 1 nitrogen and oxygen atoms in total. The predicted octanol–water partition coefficient (Wildman–Crippen LogP) is 1.55. The smallest absolute Gasteiger partial charge is 0.000750 e. The monoisotopic (exact) mass is 126 g/mol. The van der Waals surface area contributed by atoms with Crippen molar-refractivity contribution in [2.75, 3.05) is 19.6 Å². The molecule has 1 radical (unpaired) electrons. The zero-order chi connectivity index (χ0) is 6.69. The summed E-state index contributed by atoms with van der Waals surface area (Å²) < 4.78 is 0. The van der Waals surface area contributed by atoms with Crippen LogP contribution < -0.4 is 0 Å². The molecule has 1 heterocycles. The molecule has 0 N–H and O–H groups in total. The van der Waals surface area contributed by atoms with E-state index < -0.39 is 0 Å². The third-order valence-electron chi connectivity index (χ3n) is 1.98. The lowest BCUT2D eigenvalue weighted by Gasteiger charge is -2.12. The third kappa shape index (κ3) is 1.98. The van der Waals surface area contributed by atoms with E-state index in [-0.39, 0.29) is 0 Å². The van der Waals surface area contributed by atoms with Crippen LogP contribution in [-0.4, -0.2) is 24.5 Å². The maximum absolute atomic E-state index is 3.83. The van der Waals surface area contributed by atoms with Gasteiger partial charge in [-0.3, -0.25) is 0 Å². The Morgan fingerprint density at radius 3 is 2.89 bits per heavy atom. The highest BCUT2D eigenvalue weighted by molar-refractivity contribution is 4.71. The Labute approximate surface area is 58.0 Å². The summed E-state index contributed by atoms with van der Waals surface area (Å²) in [5.74, 6) is 0.927. The second kappa shape index (κ2) is 3.21. The highest BCUT2D eigenvalue weighted by atomic mass is 15.1. The van der Waals surface area contributed by atoms with Crippen LogP contribution in [0.4, 0.5) is 0 Å². The van der Waals surface area contributed by atoms with Crippen LogP contribution >= 0.6 is 0 Å². The number of rotatable bonds is 2. The molecule has 0 bridgehead atoms. The fourth-order valence-electron chi connectivity index (χ4n) is 1.45. The first-order valence-electron chi connectivity index (χ1n) is 3.84. The largest absolute Gasteiger partial charge is 0.303 e. The van der Waals surface area contributed by atoms with Crippen molar-refractivity contribution >= 4 is 0 Å². The number of hydrogen-bond acceptors (Lipinski definition) is 1. The van der Waals surface area contributed by atoms with Crippen molar-refractivity contribution in [3.8, 4) is 0 Å². The molecule has 0 spiro atoms. The highest BCUT2D eigenvalue weighted by Crippen LogP contribution is 2.14. The molecule has 53 valence electrons. The van der Waals surface area contributed by atoms with Crippen LogP contribution in [0.25, 0.3) is 0 Å². The summed E-state index contributed by atoms with van der Waals surface area (Å²) in [7, 11) is 0. The van der Waals surface area contributed by atoms with Crippen molar-refractivity contribution in [3.05, 3.63) is 6.92 Å². The van der Waals surface area contributed by atoms with Gasteiger partial charge in [0, 0.05) is 6.54 Å². The van der Waals surface area contributed by atoms with Crippen LogP contribution in [0.5, 0.6) is 0 Å². The Balaban J connectivity index is 2.14. The summed E-state index contributed by atoms with van der Waals surface area (Å²) in [5.41, 5.74) is 0. The third-order valence-corrected chi connectivity index (χ3v) is 1.98. The summed E-state index contributed by atoms with van der Waals surface area (Å²) in [4.78, 5) is 2.50. The fourth-order valence-corrected chi connectivity index (χ4v) is 1.45. The first kappa shape index (κ1) is 7.07. The van der Waals surface area contributed by atoms with Gasteiger partial charge in [0.15, 0.2) is 0 Å². The van der Waals surface area contributed by atoms with Gasteiger partial charge < -0.3 is 4.90 Å². The molecule has 0 aromatic carbocycles. The topological polar surface area (TPSA) is 3.24 Å². The highest BCUT2D eigenvalue weighted by Gasteiger charge is 2.16. The van der Waals surface area contributed by atoms with Crippen molar-refractivity contribution in [2.24, 2.45) is 5.92 Å². The Hall–Kier alpha value is -0.0400. The molecule has 0 aromatic rings. The molecule has 1 fully saturated rings. The van der Waals surface area contributed by atoms with E-state index in [0.717, 1.165) is 12.3 Å². The quantitative estimate of drug-likeness (QED) is 0.542. The van der Waals surface area contributed by atoms with Gasteiger partial charge in [0.1, 0.15) is 0 Å². The maximum Gasteiger partial charge on any atom is 0.000750 e. The zero-order valence-electron chi connectivity index (χ0n) is 6.27. The lowest BCUT2D eigenvalue weighted by atomic mass is 10.2. The van der Waals surface area contributed by atoms with Crippen LogP contribution in [0.2, 0.25) is 0 Å². The normalized spacial score (nSPS) is 29.3. The summed E-state index contributed by atoms with van der Waals surface area (Å²) in [6.07, 6.45) is 2.45. The molecule has 1 aliphatic rings. The van der Waals surface area contributed by atoms with Gasteiger partial charge in [-0.25, -0.2) is 0 Å². The van der Waals surface area contributed by atoms with Crippen LogP contribution in [0.3, 0.4) is 0 Å². The number of hydrogen-bond donors (Lipinski definition) is 0. The standard InChI is InChI=1S/C8H16N/c1-3-5-9-6-4-8(2)7-9/h8H,1,3-7H2,2H3/t8-/m0/s1. The van der Waals surface area contributed by atoms with Gasteiger partial charge in [-0.05, 0) is 31.8 Å². The van der Waals surface area contributed by atoms with Gasteiger partial charge in [-0.15, -0.1) is 0 Å². The van der Waals surface area contributed by atoms with Gasteiger partial charge >= 0.3 is 0 Å². The van der Waals surface area contributed by atoms with Gasteiger partial charge in [0.2, 0.25) is 0 Å². The van der Waals surface area contributed by atoms with Crippen molar-refractivity contribution < 1.29 is 0 Å². The molecular weight excluding hydrogens is 110 g/mol. The average molecular weight is 126 g/mol. The second-order valence-corrected chi connectivity index (χ2v) is 3.05. The van der Waals surface area contributed by atoms with E-state index in [4.69, 9.17) is 0 Å². The Morgan fingerprint density at radius 1 is 1.67 bits per heavy atom. The Morgan fingerprint density at radius 2 is 2.44 bits per heavy atom. The zero-order valence-corrected chi connectivity index (χ0v) is 6.27. The van der Waals surface area contributed by atoms with Crippen molar-refractivity contribution in [2.45, 2.75) is 19.8 Å². The molecular formula is C8H16N. The molecule has 0 unspecified atom stereocenters. The molecule has 1 saturated heterocycles. The molecule has 0 aromatic heterocycles. The summed E-state index contributed by atoms with van der Waals surface area (Å²) in [6.45, 7) is 9.96. The van der Waals surface area contributed by atoms with Gasteiger partial charge in [-0.2, -0.15) is 0 Å². The van der Waals surface area contributed by atoms with Crippen LogP contribution in [0.15, 0.2) is 0 Å². The van der Waals surface area contributed by atoms with Crippen molar-refractivity contribution in [3.63, 3.8) is 0 Å². The van der Waals surface area contributed by atoms with E-state index in [1.165, 1.54) is 26.1 Å². The SMILES string of the molecule is [CH2]CCN1CC[C@H](C)C1. The Kier molecular flexibility index (Phi) is 2.52. The van der Waals surface area contributed by atoms with E-state index >= 15 is 0 Å².